The molecule has 32 heavy (non-hydrogen) atoms. The van der Waals surface area contributed by atoms with Gasteiger partial charge in [0.2, 0.25) is 10.8 Å². The molecule has 0 unspecified atom stereocenters. The maximum absolute atomic E-state index is 11.1. The molecule has 0 radical (unpaired) electrons. The molecule has 0 amide bonds. The molecule has 1 aliphatic heterocycles. The van der Waals surface area contributed by atoms with Crippen LogP contribution < -0.4 is 4.74 Å². The van der Waals surface area contributed by atoms with Gasteiger partial charge in [-0.15, -0.1) is 5.10 Å². The van der Waals surface area contributed by atoms with Crippen LogP contribution in [0.4, 0.5) is 0 Å². The number of hydrogen-bond donors (Lipinski definition) is 1. The van der Waals surface area contributed by atoms with Crippen LogP contribution in [0.25, 0.3) is 4.96 Å². The Morgan fingerprint density at radius 3 is 2.62 bits per heavy atom. The van der Waals surface area contributed by atoms with Gasteiger partial charge in [0.15, 0.2) is 0 Å². The summed E-state index contributed by atoms with van der Waals surface area (Å²) < 4.78 is 7.05. The zero-order valence-corrected chi connectivity index (χ0v) is 19.3. The van der Waals surface area contributed by atoms with E-state index in [0.717, 1.165) is 53.5 Å². The van der Waals surface area contributed by atoms with Gasteiger partial charge >= 0.3 is 0 Å². The van der Waals surface area contributed by atoms with E-state index < -0.39 is 0 Å². The van der Waals surface area contributed by atoms with E-state index in [-0.39, 0.29) is 11.9 Å². The molecular weight excluding hydrogens is 420 g/mol. The van der Waals surface area contributed by atoms with Crippen molar-refractivity contribution in [1.29, 1.82) is 0 Å². The number of thiazole rings is 1. The van der Waals surface area contributed by atoms with Crippen molar-refractivity contribution in [3.8, 4) is 11.6 Å². The number of fused-ring (bicyclic) bond motifs is 1. The van der Waals surface area contributed by atoms with Crippen LogP contribution in [0.3, 0.4) is 0 Å². The van der Waals surface area contributed by atoms with E-state index in [1.165, 1.54) is 16.9 Å². The Labute approximate surface area is 192 Å². The van der Waals surface area contributed by atoms with Crippen molar-refractivity contribution in [3.05, 3.63) is 76.4 Å². The van der Waals surface area contributed by atoms with Gasteiger partial charge in [0.1, 0.15) is 11.6 Å². The summed E-state index contributed by atoms with van der Waals surface area (Å²) in [7, 11) is 1.69. The van der Waals surface area contributed by atoms with E-state index in [4.69, 9.17) is 4.74 Å². The Morgan fingerprint density at radius 1 is 1.12 bits per heavy atom. The van der Waals surface area contributed by atoms with E-state index in [1.54, 1.807) is 11.6 Å². The second-order valence-corrected chi connectivity index (χ2v) is 9.50. The minimum Gasteiger partial charge on any atom is -0.497 e. The Bertz CT molecular complexity index is 1200. The van der Waals surface area contributed by atoms with Gasteiger partial charge in [0, 0.05) is 0 Å². The molecule has 7 heteroatoms. The quantitative estimate of drug-likeness (QED) is 0.457. The van der Waals surface area contributed by atoms with Crippen molar-refractivity contribution in [1.82, 2.24) is 19.5 Å². The summed E-state index contributed by atoms with van der Waals surface area (Å²) in [5.41, 5.74) is 2.52. The molecule has 1 N–H and O–H groups in total. The third kappa shape index (κ3) is 4.10. The predicted molar refractivity (Wildman–Crippen MR) is 127 cm³/mol. The predicted octanol–water partition coefficient (Wildman–Crippen LogP) is 4.86. The zero-order valence-electron chi connectivity index (χ0n) is 18.4. The van der Waals surface area contributed by atoms with Gasteiger partial charge in [0.25, 0.3) is 0 Å². The zero-order chi connectivity index (χ0) is 22.1. The normalized spacial score (nSPS) is 16.4. The lowest BCUT2D eigenvalue weighted by Gasteiger charge is -2.37. The fraction of sp³-hybridized carbons (Fsp3) is 0.360. The largest absolute Gasteiger partial charge is 0.497 e. The molecule has 166 valence electrons. The van der Waals surface area contributed by atoms with Crippen LogP contribution in [-0.2, 0) is 6.42 Å². The molecule has 0 aliphatic carbocycles. The Hall–Kier alpha value is -2.90. The molecule has 6 nitrogen and oxygen atoms in total. The highest BCUT2D eigenvalue weighted by molar-refractivity contribution is 7.17. The SMILES string of the molecule is COc1cccc([C@H](c2sc3nc(C)nn3c2O)N2CCC(Cc3ccccc3)CC2)c1. The molecule has 0 saturated carbocycles. The minimum absolute atomic E-state index is 0.0587. The maximum Gasteiger partial charge on any atom is 0.230 e. The van der Waals surface area contributed by atoms with E-state index in [0.29, 0.717) is 11.7 Å². The van der Waals surface area contributed by atoms with Crippen LogP contribution >= 0.6 is 11.3 Å². The molecule has 1 fully saturated rings. The van der Waals surface area contributed by atoms with Crippen LogP contribution in [0.5, 0.6) is 11.6 Å². The summed E-state index contributed by atoms with van der Waals surface area (Å²) in [5.74, 6) is 2.35. The van der Waals surface area contributed by atoms with E-state index >= 15 is 0 Å². The minimum atomic E-state index is -0.0587. The highest BCUT2D eigenvalue weighted by Crippen LogP contribution is 2.42. The van der Waals surface area contributed by atoms with Gasteiger partial charge in [-0.05, 0) is 68.5 Å². The summed E-state index contributed by atoms with van der Waals surface area (Å²) in [6.45, 7) is 3.80. The summed E-state index contributed by atoms with van der Waals surface area (Å²) in [5, 5.41) is 15.4. The molecule has 1 aliphatic rings. The number of rotatable bonds is 6. The average molecular weight is 449 g/mol. The van der Waals surface area contributed by atoms with Gasteiger partial charge in [0.05, 0.1) is 18.0 Å². The highest BCUT2D eigenvalue weighted by atomic mass is 32.1. The van der Waals surface area contributed by atoms with Crippen molar-refractivity contribution in [2.75, 3.05) is 20.2 Å². The molecule has 2 aromatic carbocycles. The van der Waals surface area contributed by atoms with Gasteiger partial charge < -0.3 is 9.84 Å². The third-order valence-corrected chi connectivity index (χ3v) is 7.42. The Morgan fingerprint density at radius 2 is 1.91 bits per heavy atom. The molecular formula is C25H28N4O2S. The van der Waals surface area contributed by atoms with Crippen molar-refractivity contribution in [2.45, 2.75) is 32.2 Å². The lowest BCUT2D eigenvalue weighted by Crippen LogP contribution is -2.37. The summed E-state index contributed by atoms with van der Waals surface area (Å²) in [6.07, 6.45) is 3.39. The maximum atomic E-state index is 11.1. The fourth-order valence-corrected chi connectivity index (χ4v) is 5.89. The number of likely N-dealkylation sites (tertiary alicyclic amines) is 1. The summed E-state index contributed by atoms with van der Waals surface area (Å²) in [4.78, 5) is 8.56. The Kier molecular flexibility index (Phi) is 5.85. The second-order valence-electron chi connectivity index (χ2n) is 8.49. The summed E-state index contributed by atoms with van der Waals surface area (Å²) in [6, 6.07) is 18.9. The first kappa shape index (κ1) is 21.0. The Balaban J connectivity index is 1.43. The lowest BCUT2D eigenvalue weighted by molar-refractivity contribution is 0.150. The van der Waals surface area contributed by atoms with E-state index in [2.05, 4.69) is 57.4 Å². The molecule has 0 spiro atoms. The first-order valence-electron chi connectivity index (χ1n) is 11.1. The number of nitrogens with zero attached hydrogens (tertiary/aromatic N) is 4. The smallest absolute Gasteiger partial charge is 0.230 e. The molecule has 0 bridgehead atoms. The number of benzene rings is 2. The molecule has 1 atom stereocenters. The van der Waals surface area contributed by atoms with Gasteiger partial charge in [-0.2, -0.15) is 4.52 Å². The molecule has 5 rings (SSSR count). The number of piperidine rings is 1. The number of aromatic hydroxyl groups is 1. The first-order chi connectivity index (χ1) is 15.6. The van der Waals surface area contributed by atoms with Crippen LogP contribution in [0, 0.1) is 12.8 Å². The molecule has 4 aromatic rings. The highest BCUT2D eigenvalue weighted by Gasteiger charge is 2.32. The van der Waals surface area contributed by atoms with E-state index in [1.807, 2.05) is 19.1 Å². The van der Waals surface area contributed by atoms with Crippen LogP contribution in [0.2, 0.25) is 0 Å². The molecule has 1 saturated heterocycles. The third-order valence-electron chi connectivity index (χ3n) is 6.34. The van der Waals surface area contributed by atoms with Crippen molar-refractivity contribution >= 4 is 16.3 Å². The number of methoxy groups -OCH3 is 1. The number of aromatic nitrogens is 3. The van der Waals surface area contributed by atoms with Crippen LogP contribution in [-0.4, -0.2) is 44.8 Å². The van der Waals surface area contributed by atoms with Gasteiger partial charge in [-0.3, -0.25) is 4.90 Å². The van der Waals surface area contributed by atoms with Crippen molar-refractivity contribution in [3.63, 3.8) is 0 Å². The lowest BCUT2D eigenvalue weighted by atomic mass is 9.88. The van der Waals surface area contributed by atoms with Gasteiger partial charge in [-0.1, -0.05) is 53.8 Å². The average Bonchev–Trinajstić information content (AvgIpc) is 3.33. The monoisotopic (exact) mass is 448 g/mol. The van der Waals surface area contributed by atoms with Crippen LogP contribution in [0.1, 0.15) is 40.7 Å². The topological polar surface area (TPSA) is 62.9 Å². The fourth-order valence-electron chi connectivity index (χ4n) is 4.73. The van der Waals surface area contributed by atoms with Crippen LogP contribution in [0.15, 0.2) is 54.6 Å². The standard InChI is InChI=1S/C25H28N4O2S/c1-17-26-25-29(27-17)24(30)23(32-25)22(20-9-6-10-21(16-20)31-2)28-13-11-19(12-14-28)15-18-7-4-3-5-8-18/h3-10,16,19,22,30H,11-15H2,1-2H3/t22-/m1/s1. The summed E-state index contributed by atoms with van der Waals surface area (Å²) >= 11 is 1.52. The second kappa shape index (κ2) is 8.92. The number of hydrogen-bond acceptors (Lipinski definition) is 6. The van der Waals surface area contributed by atoms with Crippen molar-refractivity contribution in [2.24, 2.45) is 5.92 Å². The number of ether oxygens (including phenoxy) is 1. The molecule has 3 heterocycles. The van der Waals surface area contributed by atoms with E-state index in [9.17, 15) is 5.11 Å². The van der Waals surface area contributed by atoms with Gasteiger partial charge in [-0.25, -0.2) is 4.98 Å². The molecule has 2 aromatic heterocycles. The first-order valence-corrected chi connectivity index (χ1v) is 11.9. The number of aryl methyl sites for hydroxylation is 1. The van der Waals surface area contributed by atoms with Crippen molar-refractivity contribution < 1.29 is 9.84 Å².